The zero-order chi connectivity index (χ0) is 17.2. The van der Waals surface area contributed by atoms with Crippen LogP contribution in [0.15, 0.2) is 24.3 Å². The number of amides is 1. The van der Waals surface area contributed by atoms with Crippen molar-refractivity contribution < 1.29 is 23.8 Å². The van der Waals surface area contributed by atoms with Crippen molar-refractivity contribution in [3.8, 4) is 0 Å². The molecule has 2 atom stereocenters. The second-order valence-corrected chi connectivity index (χ2v) is 6.81. The average molecular weight is 323 g/mol. The molecule has 2 rings (SSSR count). The molecule has 0 aliphatic carbocycles. The predicted molar refractivity (Wildman–Crippen MR) is 82.7 cm³/mol. The van der Waals surface area contributed by atoms with Gasteiger partial charge in [0.1, 0.15) is 11.4 Å². The molecule has 126 valence electrons. The molecule has 1 amide bonds. The molecule has 1 saturated heterocycles. The fourth-order valence-electron chi connectivity index (χ4n) is 2.87. The molecule has 0 radical (unpaired) electrons. The van der Waals surface area contributed by atoms with Gasteiger partial charge in [0, 0.05) is 18.7 Å². The van der Waals surface area contributed by atoms with Gasteiger partial charge >= 0.3 is 12.1 Å². The molecule has 1 fully saturated rings. The lowest BCUT2D eigenvalue weighted by atomic mass is 9.85. The Balaban J connectivity index is 2.13. The number of ether oxygens (including phenoxy) is 1. The molecule has 2 unspecified atom stereocenters. The SMILES string of the molecule is CC(C)(C)OC(=O)N1CCC(C(C(=O)O)c2ccccc2F)C1. The number of likely N-dealkylation sites (tertiary alicyclic amines) is 1. The first-order chi connectivity index (χ1) is 10.7. The lowest BCUT2D eigenvalue weighted by Gasteiger charge is -2.25. The summed E-state index contributed by atoms with van der Waals surface area (Å²) in [6.07, 6.45) is 0.0440. The van der Waals surface area contributed by atoms with Gasteiger partial charge in [-0.25, -0.2) is 9.18 Å². The van der Waals surface area contributed by atoms with Crippen molar-refractivity contribution in [1.29, 1.82) is 0 Å². The minimum Gasteiger partial charge on any atom is -0.481 e. The van der Waals surface area contributed by atoms with Crippen LogP contribution < -0.4 is 0 Å². The number of rotatable bonds is 3. The number of carbonyl (C=O) groups excluding carboxylic acids is 1. The Morgan fingerprint density at radius 2 is 2.00 bits per heavy atom. The summed E-state index contributed by atoms with van der Waals surface area (Å²) >= 11 is 0. The van der Waals surface area contributed by atoms with Gasteiger partial charge in [0.15, 0.2) is 0 Å². The normalized spacial score (nSPS) is 19.5. The Bertz CT molecular complexity index is 597. The van der Waals surface area contributed by atoms with Gasteiger partial charge < -0.3 is 14.7 Å². The number of halogens is 1. The van der Waals surface area contributed by atoms with E-state index in [0.29, 0.717) is 13.0 Å². The summed E-state index contributed by atoms with van der Waals surface area (Å²) in [5.74, 6) is -2.91. The summed E-state index contributed by atoms with van der Waals surface area (Å²) in [6, 6.07) is 5.89. The number of carboxylic acid groups (broad SMARTS) is 1. The van der Waals surface area contributed by atoms with Crippen LogP contribution in [0.25, 0.3) is 0 Å². The first kappa shape index (κ1) is 17.2. The third kappa shape index (κ3) is 4.21. The number of benzene rings is 1. The molecule has 5 nitrogen and oxygen atoms in total. The maximum atomic E-state index is 14.0. The molecule has 1 N–H and O–H groups in total. The van der Waals surface area contributed by atoms with Crippen molar-refractivity contribution >= 4 is 12.1 Å². The molecule has 1 aliphatic heterocycles. The molecule has 6 heteroatoms. The van der Waals surface area contributed by atoms with Crippen LogP contribution in [0, 0.1) is 11.7 Å². The first-order valence-corrected chi connectivity index (χ1v) is 7.64. The molecule has 1 aromatic rings. The molecular formula is C17H22FNO4. The van der Waals surface area contributed by atoms with Gasteiger partial charge in [-0.1, -0.05) is 18.2 Å². The van der Waals surface area contributed by atoms with E-state index >= 15 is 0 Å². The van der Waals surface area contributed by atoms with Crippen LogP contribution in [-0.2, 0) is 9.53 Å². The van der Waals surface area contributed by atoms with Gasteiger partial charge in [-0.15, -0.1) is 0 Å². The van der Waals surface area contributed by atoms with Crippen molar-refractivity contribution in [3.63, 3.8) is 0 Å². The molecule has 1 aliphatic rings. The highest BCUT2D eigenvalue weighted by atomic mass is 19.1. The maximum absolute atomic E-state index is 14.0. The molecule has 1 heterocycles. The minimum atomic E-state index is -1.08. The van der Waals surface area contributed by atoms with E-state index in [9.17, 15) is 19.1 Å². The van der Waals surface area contributed by atoms with Crippen LogP contribution in [0.3, 0.4) is 0 Å². The summed E-state index contributed by atoms with van der Waals surface area (Å²) in [5, 5.41) is 9.52. The van der Waals surface area contributed by atoms with Crippen LogP contribution in [-0.4, -0.2) is 40.8 Å². The smallest absolute Gasteiger partial charge is 0.410 e. The van der Waals surface area contributed by atoms with Gasteiger partial charge in [-0.05, 0) is 39.2 Å². The average Bonchev–Trinajstić information content (AvgIpc) is 2.88. The number of carboxylic acids is 1. The molecule has 0 saturated carbocycles. The van der Waals surface area contributed by atoms with Crippen LogP contribution in [0.5, 0.6) is 0 Å². The van der Waals surface area contributed by atoms with Crippen LogP contribution in [0.1, 0.15) is 38.7 Å². The zero-order valence-corrected chi connectivity index (χ0v) is 13.6. The highest BCUT2D eigenvalue weighted by molar-refractivity contribution is 5.77. The molecular weight excluding hydrogens is 301 g/mol. The Morgan fingerprint density at radius 3 is 2.57 bits per heavy atom. The van der Waals surface area contributed by atoms with Crippen molar-refractivity contribution in [2.45, 2.75) is 38.7 Å². The summed E-state index contributed by atoms with van der Waals surface area (Å²) in [5.41, 5.74) is -0.441. The van der Waals surface area contributed by atoms with Gasteiger partial charge in [-0.2, -0.15) is 0 Å². The second kappa shape index (κ2) is 6.56. The number of nitrogens with zero attached hydrogens (tertiary/aromatic N) is 1. The number of hydrogen-bond acceptors (Lipinski definition) is 3. The third-order valence-corrected chi connectivity index (χ3v) is 3.85. The quantitative estimate of drug-likeness (QED) is 0.927. The zero-order valence-electron chi connectivity index (χ0n) is 13.6. The largest absolute Gasteiger partial charge is 0.481 e. The Hall–Kier alpha value is -2.11. The Morgan fingerprint density at radius 1 is 1.35 bits per heavy atom. The van der Waals surface area contributed by atoms with Crippen molar-refractivity contribution in [1.82, 2.24) is 4.90 Å². The monoisotopic (exact) mass is 323 g/mol. The van der Waals surface area contributed by atoms with E-state index in [0.717, 1.165) is 0 Å². The van der Waals surface area contributed by atoms with Crippen molar-refractivity contribution in [2.24, 2.45) is 5.92 Å². The standard InChI is InChI=1S/C17H22FNO4/c1-17(2,3)23-16(22)19-9-8-11(10-19)14(15(20)21)12-6-4-5-7-13(12)18/h4-7,11,14H,8-10H2,1-3H3,(H,20,21). The van der Waals surface area contributed by atoms with E-state index in [2.05, 4.69) is 0 Å². The number of aliphatic carboxylic acids is 1. The van der Waals surface area contributed by atoms with Gasteiger partial charge in [0.05, 0.1) is 5.92 Å². The first-order valence-electron chi connectivity index (χ1n) is 7.64. The maximum Gasteiger partial charge on any atom is 0.410 e. The van der Waals surface area contributed by atoms with Crippen LogP contribution in [0.2, 0.25) is 0 Å². The minimum absolute atomic E-state index is 0.163. The summed E-state index contributed by atoms with van der Waals surface area (Å²) in [7, 11) is 0. The van der Waals surface area contributed by atoms with Gasteiger partial charge in [0.25, 0.3) is 0 Å². The van der Waals surface area contributed by atoms with E-state index in [1.807, 2.05) is 0 Å². The van der Waals surface area contributed by atoms with Gasteiger partial charge in [-0.3, -0.25) is 4.79 Å². The van der Waals surface area contributed by atoms with E-state index in [1.54, 1.807) is 26.8 Å². The highest BCUT2D eigenvalue weighted by Gasteiger charge is 2.38. The fourth-order valence-corrected chi connectivity index (χ4v) is 2.87. The lowest BCUT2D eigenvalue weighted by Crippen LogP contribution is -2.36. The summed E-state index contributed by atoms with van der Waals surface area (Å²) in [6.45, 7) is 5.99. The second-order valence-electron chi connectivity index (χ2n) is 6.81. The van der Waals surface area contributed by atoms with E-state index in [4.69, 9.17) is 4.74 Å². The number of hydrogen-bond donors (Lipinski definition) is 1. The van der Waals surface area contributed by atoms with E-state index < -0.39 is 29.4 Å². The summed E-state index contributed by atoms with van der Waals surface area (Å²) in [4.78, 5) is 25.2. The Labute approximate surface area is 135 Å². The van der Waals surface area contributed by atoms with Crippen molar-refractivity contribution in [2.75, 3.05) is 13.1 Å². The van der Waals surface area contributed by atoms with Gasteiger partial charge in [0.2, 0.25) is 0 Å². The van der Waals surface area contributed by atoms with E-state index in [1.165, 1.54) is 23.1 Å². The van der Waals surface area contributed by atoms with Crippen LogP contribution in [0.4, 0.5) is 9.18 Å². The Kier molecular flexibility index (Phi) is 4.92. The molecule has 23 heavy (non-hydrogen) atoms. The molecule has 1 aromatic carbocycles. The lowest BCUT2D eigenvalue weighted by molar-refractivity contribution is -0.140. The fraction of sp³-hybridized carbons (Fsp3) is 0.529. The topological polar surface area (TPSA) is 66.8 Å². The van der Waals surface area contributed by atoms with Crippen LogP contribution >= 0.6 is 0 Å². The van der Waals surface area contributed by atoms with E-state index in [-0.39, 0.29) is 18.0 Å². The molecule has 0 bridgehead atoms. The molecule has 0 spiro atoms. The molecule has 0 aromatic heterocycles. The summed E-state index contributed by atoms with van der Waals surface area (Å²) < 4.78 is 19.3. The van der Waals surface area contributed by atoms with Crippen molar-refractivity contribution in [3.05, 3.63) is 35.6 Å². The number of carbonyl (C=O) groups is 2. The predicted octanol–water partition coefficient (Wildman–Crippen LogP) is 3.25. The highest BCUT2D eigenvalue weighted by Crippen LogP contribution is 2.34. The third-order valence-electron chi connectivity index (χ3n) is 3.85.